The molecule has 6 nitrogen and oxygen atoms in total. The Bertz CT molecular complexity index is 321. The molecule has 0 aromatic carbocycles. The van der Waals surface area contributed by atoms with Gasteiger partial charge in [0.2, 0.25) is 0 Å². The smallest absolute Gasteiger partial charge is 0.333 e. The Kier molecular flexibility index (Phi) is 4.03. The summed E-state index contributed by atoms with van der Waals surface area (Å²) >= 11 is 0. The minimum atomic E-state index is -1.24. The Balaban J connectivity index is 2.81. The molecule has 0 saturated heterocycles. The fourth-order valence-electron chi connectivity index (χ4n) is 1.54. The summed E-state index contributed by atoms with van der Waals surface area (Å²) in [5.74, 6) is -1.19. The summed E-state index contributed by atoms with van der Waals surface area (Å²) in [5, 5.41) is 19.0. The highest BCUT2D eigenvalue weighted by atomic mass is 16.6. The molecule has 0 aromatic rings. The van der Waals surface area contributed by atoms with Crippen LogP contribution in [0.4, 0.5) is 0 Å². The van der Waals surface area contributed by atoms with Crippen molar-refractivity contribution in [2.24, 2.45) is 0 Å². The Morgan fingerprint density at radius 2 is 2.06 bits per heavy atom. The third-order valence-electron chi connectivity index (χ3n) is 2.29. The molecule has 0 unspecified atom stereocenters. The van der Waals surface area contributed by atoms with Gasteiger partial charge < -0.3 is 19.7 Å². The molecule has 0 aromatic heterocycles. The molecule has 3 atom stereocenters. The highest BCUT2D eigenvalue weighted by Gasteiger charge is 2.35. The first-order chi connectivity index (χ1) is 7.45. The maximum atomic E-state index is 11.2. The lowest BCUT2D eigenvalue weighted by Crippen LogP contribution is -2.43. The van der Waals surface area contributed by atoms with Crippen molar-refractivity contribution in [3.63, 3.8) is 0 Å². The maximum Gasteiger partial charge on any atom is 0.333 e. The molecule has 0 aliphatic heterocycles. The van der Waals surface area contributed by atoms with E-state index in [1.165, 1.54) is 20.1 Å². The molecule has 0 heterocycles. The van der Waals surface area contributed by atoms with E-state index in [0.717, 1.165) is 0 Å². The lowest BCUT2D eigenvalue weighted by molar-refractivity contribution is -0.158. The highest BCUT2D eigenvalue weighted by molar-refractivity contribution is 5.88. The summed E-state index contributed by atoms with van der Waals surface area (Å²) in [6, 6.07) is 0. The van der Waals surface area contributed by atoms with Crippen molar-refractivity contribution in [3.05, 3.63) is 11.6 Å². The minimum absolute atomic E-state index is 0.0322. The van der Waals surface area contributed by atoms with E-state index < -0.39 is 30.3 Å². The van der Waals surface area contributed by atoms with Gasteiger partial charge in [-0.05, 0) is 6.08 Å². The van der Waals surface area contributed by atoms with Crippen molar-refractivity contribution in [2.45, 2.75) is 31.7 Å². The molecule has 0 amide bonds. The van der Waals surface area contributed by atoms with Gasteiger partial charge in [-0.15, -0.1) is 0 Å². The first kappa shape index (κ1) is 12.7. The summed E-state index contributed by atoms with van der Waals surface area (Å²) < 4.78 is 9.29. The van der Waals surface area contributed by atoms with Crippen LogP contribution in [0.25, 0.3) is 0 Å². The van der Waals surface area contributed by atoms with Crippen LogP contribution >= 0.6 is 0 Å². The van der Waals surface area contributed by atoms with E-state index in [0.29, 0.717) is 0 Å². The topological polar surface area (TPSA) is 93.1 Å². The molecule has 90 valence electrons. The van der Waals surface area contributed by atoms with E-state index in [1.54, 1.807) is 0 Å². The van der Waals surface area contributed by atoms with Gasteiger partial charge in [-0.2, -0.15) is 0 Å². The zero-order valence-electron chi connectivity index (χ0n) is 9.04. The average molecular weight is 230 g/mol. The monoisotopic (exact) mass is 230 g/mol. The second-order valence-electron chi connectivity index (χ2n) is 3.52. The second kappa shape index (κ2) is 5.09. The van der Waals surface area contributed by atoms with Crippen LogP contribution in [0.2, 0.25) is 0 Å². The normalized spacial score (nSPS) is 29.2. The van der Waals surface area contributed by atoms with Crippen LogP contribution in [0.3, 0.4) is 0 Å². The molecule has 2 N–H and O–H groups in total. The van der Waals surface area contributed by atoms with Crippen LogP contribution in [0.1, 0.15) is 13.3 Å². The number of ether oxygens (including phenoxy) is 2. The third-order valence-corrected chi connectivity index (χ3v) is 2.29. The summed E-state index contributed by atoms with van der Waals surface area (Å²) in [5.41, 5.74) is 0.187. The van der Waals surface area contributed by atoms with E-state index in [4.69, 9.17) is 4.74 Å². The third kappa shape index (κ3) is 2.80. The zero-order valence-corrected chi connectivity index (χ0v) is 9.04. The molecular formula is C10H14O6. The van der Waals surface area contributed by atoms with E-state index in [-0.39, 0.29) is 12.0 Å². The van der Waals surface area contributed by atoms with Crippen molar-refractivity contribution < 1.29 is 29.3 Å². The number of hydrogen-bond acceptors (Lipinski definition) is 6. The van der Waals surface area contributed by atoms with Crippen molar-refractivity contribution in [1.82, 2.24) is 0 Å². The first-order valence-corrected chi connectivity index (χ1v) is 4.78. The van der Waals surface area contributed by atoms with Gasteiger partial charge in [0.1, 0.15) is 18.3 Å². The number of carbonyl (C=O) groups is 2. The SMILES string of the molecule is COC(=O)C1=C[C@@H](O)[C@@H](O)[C@@H](OC(C)=O)C1. The number of aliphatic hydroxyl groups is 2. The van der Waals surface area contributed by atoms with Gasteiger partial charge in [-0.25, -0.2) is 4.79 Å². The number of methoxy groups -OCH3 is 1. The van der Waals surface area contributed by atoms with Crippen molar-refractivity contribution in [2.75, 3.05) is 7.11 Å². The first-order valence-electron chi connectivity index (χ1n) is 4.78. The Morgan fingerprint density at radius 1 is 1.44 bits per heavy atom. The zero-order chi connectivity index (χ0) is 12.3. The number of esters is 2. The predicted molar refractivity (Wildman–Crippen MR) is 52.3 cm³/mol. The standard InChI is InChI=1S/C10H14O6/c1-5(11)16-8-4-6(10(14)15-2)3-7(12)9(8)13/h3,7-9,12-13H,4H2,1-2H3/t7-,8+,9-/m1/s1. The number of hydrogen-bond donors (Lipinski definition) is 2. The summed E-state index contributed by atoms with van der Waals surface area (Å²) in [6.07, 6.45) is -2.16. The molecule has 0 spiro atoms. The van der Waals surface area contributed by atoms with Crippen LogP contribution in [0.15, 0.2) is 11.6 Å². The Morgan fingerprint density at radius 3 is 2.56 bits per heavy atom. The van der Waals surface area contributed by atoms with Crippen LogP contribution in [-0.2, 0) is 19.1 Å². The van der Waals surface area contributed by atoms with E-state index >= 15 is 0 Å². The lowest BCUT2D eigenvalue weighted by atomic mass is 9.92. The minimum Gasteiger partial charge on any atom is -0.466 e. The molecule has 1 rings (SSSR count). The fourth-order valence-corrected chi connectivity index (χ4v) is 1.54. The molecule has 6 heteroatoms. The van der Waals surface area contributed by atoms with Gasteiger partial charge in [-0.1, -0.05) is 0 Å². The highest BCUT2D eigenvalue weighted by Crippen LogP contribution is 2.23. The van der Waals surface area contributed by atoms with Gasteiger partial charge in [0.15, 0.2) is 0 Å². The van der Waals surface area contributed by atoms with Gasteiger partial charge in [0.25, 0.3) is 0 Å². The van der Waals surface area contributed by atoms with Crippen LogP contribution in [-0.4, -0.2) is 47.6 Å². The summed E-state index contributed by atoms with van der Waals surface area (Å²) in [6.45, 7) is 1.19. The average Bonchev–Trinajstić information content (AvgIpc) is 2.22. The summed E-state index contributed by atoms with van der Waals surface area (Å²) in [4.78, 5) is 22.0. The lowest BCUT2D eigenvalue weighted by Gasteiger charge is -2.29. The van der Waals surface area contributed by atoms with Crippen LogP contribution in [0, 0.1) is 0 Å². The number of rotatable bonds is 2. The van der Waals surface area contributed by atoms with Crippen LogP contribution in [0.5, 0.6) is 0 Å². The van der Waals surface area contributed by atoms with E-state index in [2.05, 4.69) is 4.74 Å². The van der Waals surface area contributed by atoms with Crippen molar-refractivity contribution in [3.8, 4) is 0 Å². The van der Waals surface area contributed by atoms with E-state index in [9.17, 15) is 19.8 Å². The second-order valence-corrected chi connectivity index (χ2v) is 3.52. The Labute approximate surface area is 92.5 Å². The molecule has 0 saturated carbocycles. The van der Waals surface area contributed by atoms with Crippen molar-refractivity contribution >= 4 is 11.9 Å². The van der Waals surface area contributed by atoms with Gasteiger partial charge >= 0.3 is 11.9 Å². The molecule has 1 aliphatic rings. The summed E-state index contributed by atoms with van der Waals surface area (Å²) in [7, 11) is 1.21. The van der Waals surface area contributed by atoms with Crippen LogP contribution < -0.4 is 0 Å². The fraction of sp³-hybridized carbons (Fsp3) is 0.600. The van der Waals surface area contributed by atoms with Crippen molar-refractivity contribution in [1.29, 1.82) is 0 Å². The molecule has 0 radical (unpaired) electrons. The Hall–Kier alpha value is -1.40. The molecule has 1 aliphatic carbocycles. The van der Waals surface area contributed by atoms with E-state index in [1.807, 2.05) is 0 Å². The molecular weight excluding hydrogens is 216 g/mol. The molecule has 16 heavy (non-hydrogen) atoms. The molecule has 0 bridgehead atoms. The predicted octanol–water partition coefficient (Wildman–Crippen LogP) is -0.857. The largest absolute Gasteiger partial charge is 0.466 e. The molecule has 0 fully saturated rings. The van der Waals surface area contributed by atoms with Gasteiger partial charge in [-0.3, -0.25) is 4.79 Å². The van der Waals surface area contributed by atoms with Gasteiger partial charge in [0.05, 0.1) is 7.11 Å². The maximum absolute atomic E-state index is 11.2. The van der Waals surface area contributed by atoms with Gasteiger partial charge in [0, 0.05) is 18.9 Å². The number of carbonyl (C=O) groups excluding carboxylic acids is 2. The quantitative estimate of drug-likeness (QED) is 0.600. The number of aliphatic hydroxyl groups excluding tert-OH is 2.